The molecule has 0 fully saturated rings. The Hall–Kier alpha value is -1.37. The molecular weight excluding hydrogens is 314 g/mol. The highest BCUT2D eigenvalue weighted by Crippen LogP contribution is 2.32. The van der Waals surface area contributed by atoms with Crippen molar-refractivity contribution in [2.45, 2.75) is 48.9 Å². The van der Waals surface area contributed by atoms with Crippen LogP contribution in [0.1, 0.15) is 31.0 Å². The Labute approximate surface area is 139 Å². The summed E-state index contributed by atoms with van der Waals surface area (Å²) in [6.45, 7) is 5.99. The summed E-state index contributed by atoms with van der Waals surface area (Å²) < 4.78 is 1.03. The van der Waals surface area contributed by atoms with Crippen LogP contribution in [0.3, 0.4) is 0 Å². The van der Waals surface area contributed by atoms with Crippen LogP contribution in [0.2, 0.25) is 0 Å². The van der Waals surface area contributed by atoms with Gasteiger partial charge in [-0.05, 0) is 44.0 Å². The second-order valence-corrected chi connectivity index (χ2v) is 7.40. The van der Waals surface area contributed by atoms with Crippen molar-refractivity contribution in [1.82, 2.24) is 4.98 Å². The zero-order chi connectivity index (χ0) is 16.1. The fraction of sp³-hybridized carbons (Fsp3) is 0.375. The molecular formula is C16H21N3OS2. The molecule has 1 unspecified atom stereocenters. The Morgan fingerprint density at radius 2 is 2.23 bits per heavy atom. The van der Waals surface area contributed by atoms with Crippen molar-refractivity contribution in [2.24, 2.45) is 5.73 Å². The first kappa shape index (κ1) is 17.0. The fourth-order valence-corrected chi connectivity index (χ4v) is 3.90. The SMILES string of the molecule is CCCC(N)C(=O)Nc1ccc(Sc2nc(C)cs2)cc1C. The molecule has 2 rings (SSSR count). The summed E-state index contributed by atoms with van der Waals surface area (Å²) in [5.41, 5.74) is 8.72. The van der Waals surface area contributed by atoms with E-state index in [0.717, 1.165) is 32.6 Å². The van der Waals surface area contributed by atoms with Gasteiger partial charge in [-0.3, -0.25) is 4.79 Å². The predicted octanol–water partition coefficient (Wildman–Crippen LogP) is 3.98. The summed E-state index contributed by atoms with van der Waals surface area (Å²) in [4.78, 5) is 17.5. The number of nitrogens with two attached hydrogens (primary N) is 1. The molecule has 1 aromatic heterocycles. The van der Waals surface area contributed by atoms with Crippen LogP contribution in [0.5, 0.6) is 0 Å². The van der Waals surface area contributed by atoms with Gasteiger partial charge in [-0.15, -0.1) is 11.3 Å². The molecule has 1 atom stereocenters. The van der Waals surface area contributed by atoms with E-state index in [4.69, 9.17) is 5.73 Å². The van der Waals surface area contributed by atoms with Gasteiger partial charge in [0.25, 0.3) is 0 Å². The van der Waals surface area contributed by atoms with Gasteiger partial charge >= 0.3 is 0 Å². The average molecular weight is 335 g/mol. The summed E-state index contributed by atoms with van der Waals surface area (Å²) in [6, 6.07) is 5.53. The minimum absolute atomic E-state index is 0.124. The standard InChI is InChI=1S/C16H21N3OS2/c1-4-5-13(17)15(20)19-14-7-6-12(8-10(14)2)22-16-18-11(3)9-21-16/h6-9,13H,4-5,17H2,1-3H3,(H,19,20). The van der Waals surface area contributed by atoms with E-state index in [9.17, 15) is 4.79 Å². The van der Waals surface area contributed by atoms with Crippen LogP contribution in [-0.2, 0) is 4.79 Å². The van der Waals surface area contributed by atoms with Gasteiger partial charge < -0.3 is 11.1 Å². The van der Waals surface area contributed by atoms with Gasteiger partial charge in [0, 0.05) is 21.7 Å². The Balaban J connectivity index is 2.04. The molecule has 4 nitrogen and oxygen atoms in total. The van der Waals surface area contributed by atoms with E-state index in [1.807, 2.05) is 38.3 Å². The number of carbonyl (C=O) groups excluding carboxylic acids is 1. The number of benzene rings is 1. The maximum absolute atomic E-state index is 12.0. The number of hydrogen-bond donors (Lipinski definition) is 2. The quantitative estimate of drug-likeness (QED) is 0.838. The number of carbonyl (C=O) groups is 1. The molecule has 0 aliphatic carbocycles. The first-order valence-corrected chi connectivity index (χ1v) is 8.96. The van der Waals surface area contributed by atoms with E-state index in [-0.39, 0.29) is 5.91 Å². The highest BCUT2D eigenvalue weighted by Gasteiger charge is 2.13. The lowest BCUT2D eigenvalue weighted by molar-refractivity contribution is -0.117. The molecule has 118 valence electrons. The summed E-state index contributed by atoms with van der Waals surface area (Å²) in [7, 11) is 0. The molecule has 22 heavy (non-hydrogen) atoms. The Bertz CT molecular complexity index is 655. The van der Waals surface area contributed by atoms with E-state index < -0.39 is 6.04 Å². The Morgan fingerprint density at radius 3 is 2.82 bits per heavy atom. The molecule has 0 radical (unpaired) electrons. The molecule has 0 saturated carbocycles. The Morgan fingerprint density at radius 1 is 1.45 bits per heavy atom. The number of nitrogens with zero attached hydrogens (tertiary/aromatic N) is 1. The lowest BCUT2D eigenvalue weighted by atomic mass is 10.1. The average Bonchev–Trinajstić information content (AvgIpc) is 2.87. The number of aromatic nitrogens is 1. The van der Waals surface area contributed by atoms with Crippen molar-refractivity contribution < 1.29 is 4.79 Å². The number of anilines is 1. The molecule has 0 aliphatic heterocycles. The minimum Gasteiger partial charge on any atom is -0.324 e. The maximum atomic E-state index is 12.0. The van der Waals surface area contributed by atoms with Crippen LogP contribution < -0.4 is 11.1 Å². The van der Waals surface area contributed by atoms with Crippen LogP contribution in [0.15, 0.2) is 32.8 Å². The summed E-state index contributed by atoms with van der Waals surface area (Å²) in [5.74, 6) is -0.124. The smallest absolute Gasteiger partial charge is 0.241 e. The number of thiazole rings is 1. The normalized spacial score (nSPS) is 12.2. The largest absolute Gasteiger partial charge is 0.324 e. The lowest BCUT2D eigenvalue weighted by Gasteiger charge is -2.13. The monoisotopic (exact) mass is 335 g/mol. The first-order chi connectivity index (χ1) is 10.5. The molecule has 1 aromatic carbocycles. The number of hydrogen-bond acceptors (Lipinski definition) is 5. The molecule has 1 heterocycles. The van der Waals surface area contributed by atoms with Crippen LogP contribution in [-0.4, -0.2) is 16.9 Å². The second kappa shape index (κ2) is 7.76. The van der Waals surface area contributed by atoms with Crippen molar-refractivity contribution in [3.05, 3.63) is 34.8 Å². The molecule has 6 heteroatoms. The van der Waals surface area contributed by atoms with Gasteiger partial charge in [0.15, 0.2) is 4.34 Å². The molecule has 0 aliphatic rings. The van der Waals surface area contributed by atoms with Crippen LogP contribution in [0.25, 0.3) is 0 Å². The number of aryl methyl sites for hydroxylation is 2. The molecule has 0 bridgehead atoms. The maximum Gasteiger partial charge on any atom is 0.241 e. The third kappa shape index (κ3) is 4.56. The number of nitrogens with one attached hydrogen (secondary N) is 1. The van der Waals surface area contributed by atoms with Gasteiger partial charge in [0.2, 0.25) is 5.91 Å². The topological polar surface area (TPSA) is 68.0 Å². The number of rotatable bonds is 6. The van der Waals surface area contributed by atoms with Crippen molar-refractivity contribution >= 4 is 34.7 Å². The lowest BCUT2D eigenvalue weighted by Crippen LogP contribution is -2.35. The highest BCUT2D eigenvalue weighted by atomic mass is 32.2. The number of amides is 1. The summed E-state index contributed by atoms with van der Waals surface area (Å²) in [5, 5.41) is 4.94. The predicted molar refractivity (Wildman–Crippen MR) is 93.7 cm³/mol. The van der Waals surface area contributed by atoms with Crippen LogP contribution >= 0.6 is 23.1 Å². The summed E-state index contributed by atoms with van der Waals surface area (Å²) >= 11 is 3.27. The Kier molecular flexibility index (Phi) is 5.99. The van der Waals surface area contributed by atoms with Gasteiger partial charge in [-0.25, -0.2) is 4.98 Å². The van der Waals surface area contributed by atoms with E-state index >= 15 is 0 Å². The van der Waals surface area contributed by atoms with Gasteiger partial charge in [-0.1, -0.05) is 25.1 Å². The molecule has 0 saturated heterocycles. The molecule has 1 amide bonds. The third-order valence-corrected chi connectivity index (χ3v) is 5.24. The first-order valence-electron chi connectivity index (χ1n) is 7.26. The van der Waals surface area contributed by atoms with E-state index in [1.54, 1.807) is 23.1 Å². The summed E-state index contributed by atoms with van der Waals surface area (Å²) in [6.07, 6.45) is 1.60. The fourth-order valence-electron chi connectivity index (χ4n) is 1.99. The molecule has 2 aromatic rings. The molecule has 0 spiro atoms. The van der Waals surface area contributed by atoms with Crippen molar-refractivity contribution in [2.75, 3.05) is 5.32 Å². The minimum atomic E-state index is -0.447. The third-order valence-electron chi connectivity index (χ3n) is 3.20. The van der Waals surface area contributed by atoms with Crippen LogP contribution in [0, 0.1) is 13.8 Å². The zero-order valence-electron chi connectivity index (χ0n) is 13.1. The van der Waals surface area contributed by atoms with Crippen molar-refractivity contribution in [3.8, 4) is 0 Å². The van der Waals surface area contributed by atoms with Crippen LogP contribution in [0.4, 0.5) is 5.69 Å². The second-order valence-electron chi connectivity index (χ2n) is 5.22. The van der Waals surface area contributed by atoms with E-state index in [2.05, 4.69) is 16.4 Å². The van der Waals surface area contributed by atoms with E-state index in [0.29, 0.717) is 6.42 Å². The van der Waals surface area contributed by atoms with Gasteiger partial charge in [0.1, 0.15) is 0 Å². The van der Waals surface area contributed by atoms with Gasteiger partial charge in [-0.2, -0.15) is 0 Å². The van der Waals surface area contributed by atoms with Crippen molar-refractivity contribution in [1.29, 1.82) is 0 Å². The molecule has 3 N–H and O–H groups in total. The van der Waals surface area contributed by atoms with E-state index in [1.165, 1.54) is 0 Å². The zero-order valence-corrected chi connectivity index (χ0v) is 14.7. The van der Waals surface area contributed by atoms with Gasteiger partial charge in [0.05, 0.1) is 6.04 Å². The van der Waals surface area contributed by atoms with Crippen molar-refractivity contribution in [3.63, 3.8) is 0 Å². The highest BCUT2D eigenvalue weighted by molar-refractivity contribution is 8.01.